The van der Waals surface area contributed by atoms with Gasteiger partial charge in [0.15, 0.2) is 11.4 Å². The first-order chi connectivity index (χ1) is 14.8. The summed E-state index contributed by atoms with van der Waals surface area (Å²) in [5.74, 6) is -1.39. The third-order valence-corrected chi connectivity index (χ3v) is 6.81. The lowest BCUT2D eigenvalue weighted by atomic mass is 10.1. The minimum atomic E-state index is -1.04. The number of benzene rings is 1. The number of aromatic nitrogens is 2. The van der Waals surface area contributed by atoms with Crippen molar-refractivity contribution in [2.45, 2.75) is 57.3 Å². The molecule has 164 valence electrons. The Balaban J connectivity index is 1.65. The Bertz CT molecular complexity index is 1230. The van der Waals surface area contributed by atoms with Crippen molar-refractivity contribution in [3.8, 4) is 5.75 Å². The fourth-order valence-electron chi connectivity index (χ4n) is 4.08. The second-order valence-electron chi connectivity index (χ2n) is 7.96. The van der Waals surface area contributed by atoms with Gasteiger partial charge in [0, 0.05) is 32.0 Å². The smallest absolute Gasteiger partial charge is 0.328 e. The lowest BCUT2D eigenvalue weighted by molar-refractivity contribution is -0.144. The molecule has 1 aromatic carbocycles. The maximum Gasteiger partial charge on any atom is 0.328 e. The highest BCUT2D eigenvalue weighted by Gasteiger charge is 2.59. The number of nitrogens with zero attached hydrogens (tertiary/aromatic N) is 4. The van der Waals surface area contributed by atoms with Crippen LogP contribution in [0.5, 0.6) is 5.75 Å². The fraction of sp³-hybridized carbons (Fsp3) is 0.500. The first-order valence-corrected chi connectivity index (χ1v) is 11.0. The second kappa shape index (κ2) is 7.04. The maximum atomic E-state index is 15.0. The number of ether oxygens (including phenoxy) is 2. The minimum absolute atomic E-state index is 0.0355. The Morgan fingerprint density at radius 3 is 2.65 bits per heavy atom. The Labute approximate surface area is 180 Å². The van der Waals surface area contributed by atoms with E-state index in [1.165, 1.54) is 24.1 Å². The zero-order valence-electron chi connectivity index (χ0n) is 17.1. The van der Waals surface area contributed by atoms with Crippen molar-refractivity contribution in [2.24, 2.45) is 4.99 Å². The molecule has 2 aromatic rings. The van der Waals surface area contributed by atoms with E-state index in [4.69, 9.17) is 9.47 Å². The van der Waals surface area contributed by atoms with Crippen LogP contribution in [0.25, 0.3) is 0 Å². The van der Waals surface area contributed by atoms with Crippen molar-refractivity contribution >= 4 is 34.6 Å². The molecule has 0 radical (unpaired) electrons. The van der Waals surface area contributed by atoms with Crippen molar-refractivity contribution in [1.82, 2.24) is 9.36 Å². The van der Waals surface area contributed by atoms with Gasteiger partial charge in [-0.05, 0) is 37.2 Å². The minimum Gasteiger partial charge on any atom is -0.475 e. The van der Waals surface area contributed by atoms with Gasteiger partial charge in [-0.3, -0.25) is 19.2 Å². The number of esters is 1. The van der Waals surface area contributed by atoms with Crippen LogP contribution in [-0.2, 0) is 27.4 Å². The summed E-state index contributed by atoms with van der Waals surface area (Å²) in [6.45, 7) is 2.78. The fourth-order valence-corrected chi connectivity index (χ4v) is 4.97. The number of rotatable bonds is 3. The van der Waals surface area contributed by atoms with Crippen molar-refractivity contribution in [3.63, 3.8) is 0 Å². The molecule has 3 heterocycles. The normalized spacial score (nSPS) is 20.2. The zero-order valence-corrected chi connectivity index (χ0v) is 17.9. The lowest BCUT2D eigenvalue weighted by Gasteiger charge is -2.37. The third-order valence-electron chi connectivity index (χ3n) is 5.94. The molecule has 0 N–H and O–H groups in total. The quantitative estimate of drug-likeness (QED) is 0.666. The molecule has 0 saturated heterocycles. The molecule has 9 nitrogen and oxygen atoms in total. The molecule has 31 heavy (non-hydrogen) atoms. The summed E-state index contributed by atoms with van der Waals surface area (Å²) in [5.41, 5.74) is -0.824. The standard InChI is InChI=1S/C20H21FN4O5S/c1-11(16(26)29-2)25-14-10-13(12(21)9-15(14)30-20(5-6-20)17(25)27)22-18-23-7-3-4-8-24(23)19(28)31-18/h9-11H,3-8H2,1-2H3. The number of carbonyl (C=O) groups is 2. The van der Waals surface area contributed by atoms with Gasteiger partial charge in [0.25, 0.3) is 5.91 Å². The molecule has 1 atom stereocenters. The van der Waals surface area contributed by atoms with Gasteiger partial charge in [-0.25, -0.2) is 18.9 Å². The average molecular weight is 448 g/mol. The summed E-state index contributed by atoms with van der Waals surface area (Å²) in [5, 5.41) is 0. The highest BCUT2D eigenvalue weighted by molar-refractivity contribution is 7.06. The van der Waals surface area contributed by atoms with Gasteiger partial charge in [-0.2, -0.15) is 0 Å². The molecule has 5 rings (SSSR count). The molecule has 1 aromatic heterocycles. The summed E-state index contributed by atoms with van der Waals surface area (Å²) in [7, 11) is 1.25. The summed E-state index contributed by atoms with van der Waals surface area (Å²) in [6, 6.07) is 1.67. The zero-order chi connectivity index (χ0) is 21.9. The van der Waals surface area contributed by atoms with Gasteiger partial charge in [-0.15, -0.1) is 0 Å². The Morgan fingerprint density at radius 1 is 1.26 bits per heavy atom. The average Bonchev–Trinajstić information content (AvgIpc) is 3.47. The van der Waals surface area contributed by atoms with Gasteiger partial charge < -0.3 is 9.47 Å². The van der Waals surface area contributed by atoms with Crippen LogP contribution in [0.4, 0.5) is 15.8 Å². The maximum absolute atomic E-state index is 15.0. The van der Waals surface area contributed by atoms with E-state index < -0.39 is 23.4 Å². The van der Waals surface area contributed by atoms with Crippen molar-refractivity contribution < 1.29 is 23.5 Å². The SMILES string of the molecule is COC(=O)C(C)N1C(=O)C2(CC2)Oc2cc(F)c(N=c3sc(=O)n4n3CCCC4)cc21. The van der Waals surface area contributed by atoms with Crippen LogP contribution in [-0.4, -0.2) is 40.0 Å². The Morgan fingerprint density at radius 2 is 1.97 bits per heavy atom. The van der Waals surface area contributed by atoms with Crippen LogP contribution in [0.2, 0.25) is 0 Å². The van der Waals surface area contributed by atoms with Crippen molar-refractivity contribution in [2.75, 3.05) is 12.0 Å². The molecular formula is C20H21FN4O5S. The topological polar surface area (TPSA) is 95.1 Å². The molecule has 1 fully saturated rings. The molecule has 1 unspecified atom stereocenters. The van der Waals surface area contributed by atoms with Crippen LogP contribution in [0, 0.1) is 5.82 Å². The van der Waals surface area contributed by atoms with E-state index in [0.717, 1.165) is 24.2 Å². The Kier molecular flexibility index (Phi) is 4.54. The molecule has 2 aliphatic heterocycles. The number of carbonyl (C=O) groups excluding carboxylic acids is 2. The number of hydrogen-bond donors (Lipinski definition) is 0. The predicted molar refractivity (Wildman–Crippen MR) is 109 cm³/mol. The number of amides is 1. The van der Waals surface area contributed by atoms with Crippen LogP contribution in [0.15, 0.2) is 21.9 Å². The molecule has 11 heteroatoms. The summed E-state index contributed by atoms with van der Waals surface area (Å²) in [4.78, 5) is 43.5. The number of fused-ring (bicyclic) bond motifs is 2. The van der Waals surface area contributed by atoms with Crippen LogP contribution < -0.4 is 19.3 Å². The first-order valence-electron chi connectivity index (χ1n) is 10.1. The van der Waals surface area contributed by atoms with E-state index in [9.17, 15) is 18.8 Å². The van der Waals surface area contributed by atoms with Crippen LogP contribution in [0.3, 0.4) is 0 Å². The number of methoxy groups -OCH3 is 1. The summed E-state index contributed by atoms with van der Waals surface area (Å²) in [6.07, 6.45) is 2.82. The summed E-state index contributed by atoms with van der Waals surface area (Å²) >= 11 is 0.948. The van der Waals surface area contributed by atoms with E-state index in [1.54, 1.807) is 16.3 Å². The van der Waals surface area contributed by atoms with E-state index in [1.807, 2.05) is 0 Å². The molecule has 1 saturated carbocycles. The van der Waals surface area contributed by atoms with E-state index in [-0.39, 0.29) is 27.9 Å². The predicted octanol–water partition coefficient (Wildman–Crippen LogP) is 1.70. The molecule has 3 aliphatic rings. The van der Waals surface area contributed by atoms with Gasteiger partial charge in [-0.1, -0.05) is 0 Å². The van der Waals surface area contributed by atoms with Gasteiger partial charge in [0.2, 0.25) is 4.80 Å². The van der Waals surface area contributed by atoms with Gasteiger partial charge in [0.1, 0.15) is 17.5 Å². The molecule has 1 amide bonds. The van der Waals surface area contributed by atoms with E-state index in [0.29, 0.717) is 30.7 Å². The Hall–Kier alpha value is -2.95. The number of anilines is 1. The monoisotopic (exact) mass is 448 g/mol. The largest absolute Gasteiger partial charge is 0.475 e. The molecule has 1 aliphatic carbocycles. The lowest BCUT2D eigenvalue weighted by Crippen LogP contribution is -2.54. The number of halogens is 1. The van der Waals surface area contributed by atoms with E-state index in [2.05, 4.69) is 4.99 Å². The van der Waals surface area contributed by atoms with Gasteiger partial charge >= 0.3 is 10.8 Å². The van der Waals surface area contributed by atoms with Crippen LogP contribution in [0.1, 0.15) is 32.6 Å². The second-order valence-corrected chi connectivity index (χ2v) is 8.88. The third kappa shape index (κ3) is 3.10. The number of hydrogen-bond acceptors (Lipinski definition) is 7. The molecule has 1 spiro atoms. The molecular weight excluding hydrogens is 427 g/mol. The summed E-state index contributed by atoms with van der Waals surface area (Å²) < 4.78 is 29.0. The highest BCUT2D eigenvalue weighted by atomic mass is 32.1. The van der Waals surface area contributed by atoms with Crippen LogP contribution >= 0.6 is 11.3 Å². The van der Waals surface area contributed by atoms with Crippen molar-refractivity contribution in [1.29, 1.82) is 0 Å². The first kappa shape index (κ1) is 20.0. The van der Waals surface area contributed by atoms with Crippen molar-refractivity contribution in [3.05, 3.63) is 32.4 Å². The van der Waals surface area contributed by atoms with E-state index >= 15 is 0 Å². The van der Waals surface area contributed by atoms with Gasteiger partial charge in [0.05, 0.1) is 12.8 Å². The highest BCUT2D eigenvalue weighted by Crippen LogP contribution is 2.51. The molecule has 0 bridgehead atoms.